The summed E-state index contributed by atoms with van der Waals surface area (Å²) < 4.78 is 37.9. The maximum absolute atomic E-state index is 12.8. The maximum Gasteiger partial charge on any atom is 0.255 e. The van der Waals surface area contributed by atoms with Gasteiger partial charge in [-0.25, -0.2) is 9.97 Å². The molecule has 15 nitrogen and oxygen atoms in total. The van der Waals surface area contributed by atoms with Gasteiger partial charge < -0.3 is 43.2 Å². The van der Waals surface area contributed by atoms with Crippen LogP contribution < -0.4 is 34.3 Å². The van der Waals surface area contributed by atoms with E-state index in [0.717, 1.165) is 11.1 Å². The Bertz CT molecular complexity index is 2630. The van der Waals surface area contributed by atoms with Gasteiger partial charge >= 0.3 is 0 Å². The lowest BCUT2D eigenvalue weighted by molar-refractivity contribution is 0.101. The predicted molar refractivity (Wildman–Crippen MR) is 216 cm³/mol. The Hall–Kier alpha value is -7.94. The number of pyridine rings is 2. The average Bonchev–Trinajstić information content (AvgIpc) is 3.91. The molecule has 4 aromatic heterocycles. The van der Waals surface area contributed by atoms with Crippen LogP contribution in [-0.2, 0) is 0 Å². The molecule has 0 unspecified atom stereocenters. The van der Waals surface area contributed by atoms with Crippen molar-refractivity contribution in [3.05, 3.63) is 127 Å². The normalized spacial score (nSPS) is 10.6. The van der Waals surface area contributed by atoms with Gasteiger partial charge in [0, 0.05) is 64.2 Å². The number of anilines is 2. The summed E-state index contributed by atoms with van der Waals surface area (Å²) in [5.41, 5.74) is 6.12. The average molecular weight is 781 g/mol. The number of nitrogens with zero attached hydrogens (tertiary/aromatic N) is 4. The number of hydrogen-bond donors (Lipinski definition) is 2. The molecule has 0 radical (unpaired) electrons. The van der Waals surface area contributed by atoms with E-state index < -0.39 is 0 Å². The highest BCUT2D eigenvalue weighted by atomic mass is 16.5. The molecule has 4 heterocycles. The fraction of sp³-hybridized carbons (Fsp3) is 0.116. The van der Waals surface area contributed by atoms with E-state index in [4.69, 9.17) is 32.5 Å². The summed E-state index contributed by atoms with van der Waals surface area (Å²) >= 11 is 0. The van der Waals surface area contributed by atoms with E-state index in [1.807, 2.05) is 24.3 Å². The second kappa shape index (κ2) is 17.2. The van der Waals surface area contributed by atoms with E-state index in [0.29, 0.717) is 85.2 Å². The summed E-state index contributed by atoms with van der Waals surface area (Å²) in [6, 6.07) is 26.2. The van der Waals surface area contributed by atoms with Crippen molar-refractivity contribution in [3.63, 3.8) is 0 Å². The van der Waals surface area contributed by atoms with Crippen molar-refractivity contribution >= 4 is 45.4 Å². The maximum atomic E-state index is 12.8. The fourth-order valence-electron chi connectivity index (χ4n) is 5.82. The molecular weight excluding hydrogens is 745 g/mol. The number of nitrogens with one attached hydrogen (secondary N) is 2. The van der Waals surface area contributed by atoms with Crippen molar-refractivity contribution in [1.82, 2.24) is 19.9 Å². The number of methoxy groups -OCH3 is 5. The monoisotopic (exact) mass is 780 g/mol. The van der Waals surface area contributed by atoms with E-state index in [1.165, 1.54) is 35.5 Å². The van der Waals surface area contributed by atoms with Gasteiger partial charge in [0.2, 0.25) is 17.5 Å². The third-order valence-electron chi connectivity index (χ3n) is 8.66. The van der Waals surface area contributed by atoms with Crippen molar-refractivity contribution < 1.29 is 42.1 Å². The second-order valence-electron chi connectivity index (χ2n) is 12.3. The molecule has 2 N–H and O–H groups in total. The minimum Gasteiger partial charge on any atom is -0.497 e. The number of carbonyl (C=O) groups excluding carboxylic acids is 2. The number of carbonyl (C=O) groups is 2. The highest BCUT2D eigenvalue weighted by Crippen LogP contribution is 2.38. The van der Waals surface area contributed by atoms with Crippen molar-refractivity contribution in [2.45, 2.75) is 0 Å². The van der Waals surface area contributed by atoms with Crippen molar-refractivity contribution in [3.8, 4) is 51.7 Å². The molecule has 15 heteroatoms. The van der Waals surface area contributed by atoms with Gasteiger partial charge in [-0.3, -0.25) is 19.6 Å². The Kier molecular flexibility index (Phi) is 11.4. The molecular formula is C43H36N6O9. The zero-order valence-electron chi connectivity index (χ0n) is 31.9. The molecule has 0 atom stereocenters. The molecule has 0 saturated heterocycles. The van der Waals surface area contributed by atoms with Crippen LogP contribution in [-0.4, -0.2) is 67.3 Å². The zero-order chi connectivity index (χ0) is 40.6. The van der Waals surface area contributed by atoms with Gasteiger partial charge in [-0.2, -0.15) is 0 Å². The number of ether oxygens (including phenoxy) is 5. The minimum absolute atomic E-state index is 0.281. The summed E-state index contributed by atoms with van der Waals surface area (Å²) in [5, 5.41) is 5.74. The van der Waals surface area contributed by atoms with Crippen LogP contribution in [0.1, 0.15) is 20.7 Å². The predicted octanol–water partition coefficient (Wildman–Crippen LogP) is 8.33. The highest BCUT2D eigenvalue weighted by molar-refractivity contribution is 6.06. The number of benzene rings is 4. The lowest BCUT2D eigenvalue weighted by atomic mass is 10.1. The van der Waals surface area contributed by atoms with Gasteiger partial charge in [0.15, 0.2) is 22.7 Å². The van der Waals surface area contributed by atoms with Crippen LogP contribution in [0.3, 0.4) is 0 Å². The molecule has 0 saturated carbocycles. The van der Waals surface area contributed by atoms with Crippen LogP contribution in [0, 0.1) is 0 Å². The SMILES string of the molecule is COc1cc(C(=O)Nc2cccc(-c3nc4cnccc4o3)c2)cc(OC)c1OC.COc1cc(OC)cc(C(=O)Nc2cccc(-c3nc4cnccc4o3)c2)c1. The highest BCUT2D eigenvalue weighted by Gasteiger charge is 2.18. The zero-order valence-corrected chi connectivity index (χ0v) is 31.9. The fourth-order valence-corrected chi connectivity index (χ4v) is 5.82. The molecule has 8 aromatic rings. The first-order valence-electron chi connectivity index (χ1n) is 17.6. The van der Waals surface area contributed by atoms with E-state index in [9.17, 15) is 9.59 Å². The first-order valence-corrected chi connectivity index (χ1v) is 17.6. The number of oxazole rings is 2. The Labute approximate surface area is 331 Å². The first kappa shape index (κ1) is 38.3. The number of fused-ring (bicyclic) bond motifs is 2. The van der Waals surface area contributed by atoms with Crippen LogP contribution in [0.25, 0.3) is 45.1 Å². The van der Waals surface area contributed by atoms with Crippen molar-refractivity contribution in [2.24, 2.45) is 0 Å². The molecule has 292 valence electrons. The molecule has 2 amide bonds. The third kappa shape index (κ3) is 8.48. The summed E-state index contributed by atoms with van der Waals surface area (Å²) in [7, 11) is 7.58. The number of rotatable bonds is 11. The Morgan fingerprint density at radius 3 is 1.41 bits per heavy atom. The molecule has 0 bridgehead atoms. The van der Waals surface area contributed by atoms with E-state index >= 15 is 0 Å². The van der Waals surface area contributed by atoms with Crippen LogP contribution in [0.5, 0.6) is 28.7 Å². The first-order chi connectivity index (χ1) is 28.3. The minimum atomic E-state index is -0.326. The molecule has 4 aromatic carbocycles. The molecule has 0 aliphatic heterocycles. The van der Waals surface area contributed by atoms with Crippen molar-refractivity contribution in [2.75, 3.05) is 46.2 Å². The molecule has 0 aliphatic rings. The standard InChI is InChI=1S/C22H19N3O5.C21H17N3O4/c1-27-18-10-14(11-19(28-2)20(18)29-3)21(26)24-15-6-4-5-13(9-15)22-25-16-12-23-8-7-17(16)30-22;1-26-16-9-14(10-17(11-16)27-2)20(25)23-15-5-3-4-13(8-15)21-24-18-12-22-7-6-19(18)28-21/h4-12H,1-3H3,(H,24,26);3-12H,1-2H3,(H,23,25). The van der Waals surface area contributed by atoms with Crippen molar-refractivity contribution in [1.29, 1.82) is 0 Å². The number of hydrogen-bond acceptors (Lipinski definition) is 13. The molecule has 0 aliphatic carbocycles. The van der Waals surface area contributed by atoms with E-state index in [1.54, 1.807) is 91.5 Å². The Morgan fingerprint density at radius 2 is 1.00 bits per heavy atom. The Balaban J connectivity index is 0.000000177. The number of amides is 2. The lowest BCUT2D eigenvalue weighted by Crippen LogP contribution is -2.12. The molecule has 0 fully saturated rings. The van der Waals surface area contributed by atoms with Gasteiger partial charge in [-0.05, 0) is 60.7 Å². The summed E-state index contributed by atoms with van der Waals surface area (Å²) in [6.45, 7) is 0. The summed E-state index contributed by atoms with van der Waals surface area (Å²) in [4.78, 5) is 42.4. The smallest absolute Gasteiger partial charge is 0.255 e. The van der Waals surface area contributed by atoms with Crippen LogP contribution in [0.4, 0.5) is 11.4 Å². The van der Waals surface area contributed by atoms with Gasteiger partial charge in [0.25, 0.3) is 11.8 Å². The van der Waals surface area contributed by atoms with Gasteiger partial charge in [-0.1, -0.05) is 12.1 Å². The van der Waals surface area contributed by atoms with Crippen LogP contribution in [0.15, 0.2) is 125 Å². The Morgan fingerprint density at radius 1 is 0.534 bits per heavy atom. The van der Waals surface area contributed by atoms with Gasteiger partial charge in [-0.15, -0.1) is 0 Å². The summed E-state index contributed by atoms with van der Waals surface area (Å²) in [6.07, 6.45) is 6.57. The van der Waals surface area contributed by atoms with Crippen LogP contribution >= 0.6 is 0 Å². The number of aromatic nitrogens is 4. The quantitative estimate of drug-likeness (QED) is 0.128. The topological polar surface area (TPSA) is 182 Å². The van der Waals surface area contributed by atoms with Gasteiger partial charge in [0.1, 0.15) is 22.5 Å². The van der Waals surface area contributed by atoms with Gasteiger partial charge in [0.05, 0.1) is 47.9 Å². The van der Waals surface area contributed by atoms with E-state index in [-0.39, 0.29) is 11.8 Å². The lowest BCUT2D eigenvalue weighted by Gasteiger charge is -2.14. The molecule has 0 spiro atoms. The van der Waals surface area contributed by atoms with Crippen LogP contribution in [0.2, 0.25) is 0 Å². The second-order valence-corrected chi connectivity index (χ2v) is 12.3. The molecule has 8 rings (SSSR count). The third-order valence-corrected chi connectivity index (χ3v) is 8.66. The molecule has 58 heavy (non-hydrogen) atoms. The largest absolute Gasteiger partial charge is 0.497 e. The summed E-state index contributed by atoms with van der Waals surface area (Å²) in [5.74, 6) is 2.60. The van der Waals surface area contributed by atoms with E-state index in [2.05, 4.69) is 30.6 Å².